The molecule has 1 aliphatic heterocycles. The third-order valence-electron chi connectivity index (χ3n) is 2.33. The van der Waals surface area contributed by atoms with E-state index in [9.17, 15) is 0 Å². The van der Waals surface area contributed by atoms with Crippen molar-refractivity contribution in [3.05, 3.63) is 29.6 Å². The highest BCUT2D eigenvalue weighted by atomic mass is 15.0. The van der Waals surface area contributed by atoms with Gasteiger partial charge in [0.25, 0.3) is 0 Å². The standard InChI is InChI=1S/C10H14N2/c1-8-4-2-5-10(12-8)9-6-3-7-11-9/h2,4-5,9,11H,3,6-7H2,1H3/t9-/m0/s1. The van der Waals surface area contributed by atoms with Crippen molar-refractivity contribution >= 4 is 0 Å². The summed E-state index contributed by atoms with van der Waals surface area (Å²) in [5.74, 6) is 0. The zero-order valence-corrected chi connectivity index (χ0v) is 7.38. The lowest BCUT2D eigenvalue weighted by atomic mass is 10.1. The van der Waals surface area contributed by atoms with E-state index in [4.69, 9.17) is 0 Å². The second-order valence-corrected chi connectivity index (χ2v) is 3.35. The van der Waals surface area contributed by atoms with Crippen LogP contribution < -0.4 is 5.32 Å². The summed E-state index contributed by atoms with van der Waals surface area (Å²) in [6, 6.07) is 6.73. The van der Waals surface area contributed by atoms with E-state index in [1.54, 1.807) is 0 Å². The van der Waals surface area contributed by atoms with Gasteiger partial charge < -0.3 is 5.32 Å². The Balaban J connectivity index is 2.21. The van der Waals surface area contributed by atoms with Gasteiger partial charge in [-0.1, -0.05) is 6.07 Å². The normalized spacial score (nSPS) is 22.9. The summed E-state index contributed by atoms with van der Waals surface area (Å²) in [4.78, 5) is 4.49. The monoisotopic (exact) mass is 162 g/mol. The molecule has 1 atom stereocenters. The fourth-order valence-corrected chi connectivity index (χ4v) is 1.70. The van der Waals surface area contributed by atoms with Gasteiger partial charge in [0.1, 0.15) is 0 Å². The molecule has 0 unspecified atom stereocenters. The number of aromatic nitrogens is 1. The molecule has 1 aromatic rings. The summed E-state index contributed by atoms with van der Waals surface area (Å²) in [6.45, 7) is 3.18. The lowest BCUT2D eigenvalue weighted by molar-refractivity contribution is 0.626. The van der Waals surface area contributed by atoms with Gasteiger partial charge in [-0.25, -0.2) is 0 Å². The fourth-order valence-electron chi connectivity index (χ4n) is 1.70. The largest absolute Gasteiger partial charge is 0.309 e. The molecule has 2 heterocycles. The van der Waals surface area contributed by atoms with Crippen LogP contribution in [0.15, 0.2) is 18.2 Å². The second-order valence-electron chi connectivity index (χ2n) is 3.35. The van der Waals surface area contributed by atoms with E-state index in [0.29, 0.717) is 6.04 Å². The average Bonchev–Trinajstić information content (AvgIpc) is 2.56. The Morgan fingerprint density at radius 3 is 3.08 bits per heavy atom. The zero-order chi connectivity index (χ0) is 8.39. The van der Waals surface area contributed by atoms with Crippen molar-refractivity contribution < 1.29 is 0 Å². The molecule has 1 saturated heterocycles. The topological polar surface area (TPSA) is 24.9 Å². The van der Waals surface area contributed by atoms with Crippen molar-refractivity contribution in [2.45, 2.75) is 25.8 Å². The first kappa shape index (κ1) is 7.74. The first-order valence-corrected chi connectivity index (χ1v) is 4.53. The molecule has 0 aliphatic carbocycles. The highest BCUT2D eigenvalue weighted by molar-refractivity contribution is 5.14. The van der Waals surface area contributed by atoms with E-state index >= 15 is 0 Å². The number of pyridine rings is 1. The first-order valence-electron chi connectivity index (χ1n) is 4.53. The molecule has 2 rings (SSSR count). The molecule has 0 spiro atoms. The van der Waals surface area contributed by atoms with Gasteiger partial charge in [-0.2, -0.15) is 0 Å². The molecular weight excluding hydrogens is 148 g/mol. The van der Waals surface area contributed by atoms with Crippen LogP contribution in [0.2, 0.25) is 0 Å². The number of hydrogen-bond acceptors (Lipinski definition) is 2. The van der Waals surface area contributed by atoms with Crippen molar-refractivity contribution in [2.75, 3.05) is 6.54 Å². The third kappa shape index (κ3) is 1.48. The molecule has 2 heteroatoms. The number of rotatable bonds is 1. The summed E-state index contributed by atoms with van der Waals surface area (Å²) in [5.41, 5.74) is 2.31. The zero-order valence-electron chi connectivity index (χ0n) is 7.38. The van der Waals surface area contributed by atoms with Gasteiger partial charge in [0, 0.05) is 11.7 Å². The summed E-state index contributed by atoms with van der Waals surface area (Å²) >= 11 is 0. The number of nitrogens with one attached hydrogen (secondary N) is 1. The predicted molar refractivity (Wildman–Crippen MR) is 49.0 cm³/mol. The van der Waals surface area contributed by atoms with Gasteiger partial charge in [0.05, 0.1) is 5.69 Å². The van der Waals surface area contributed by atoms with E-state index in [2.05, 4.69) is 22.4 Å². The van der Waals surface area contributed by atoms with Crippen LogP contribution in [0.3, 0.4) is 0 Å². The van der Waals surface area contributed by atoms with Crippen LogP contribution in [0.1, 0.15) is 30.3 Å². The Kier molecular flexibility index (Phi) is 2.09. The molecule has 0 radical (unpaired) electrons. The lowest BCUT2D eigenvalue weighted by Crippen LogP contribution is -2.14. The van der Waals surface area contributed by atoms with Gasteiger partial charge in [0.2, 0.25) is 0 Å². The quantitative estimate of drug-likeness (QED) is 0.681. The SMILES string of the molecule is Cc1cccc([C@@H]2CCCN2)n1. The molecule has 0 amide bonds. The average molecular weight is 162 g/mol. The molecule has 1 aromatic heterocycles. The second kappa shape index (κ2) is 3.23. The maximum absolute atomic E-state index is 4.49. The minimum absolute atomic E-state index is 0.505. The highest BCUT2D eigenvalue weighted by Crippen LogP contribution is 2.20. The molecule has 1 aliphatic rings. The maximum atomic E-state index is 4.49. The van der Waals surface area contributed by atoms with Crippen LogP contribution in [0.25, 0.3) is 0 Å². The minimum Gasteiger partial charge on any atom is -0.309 e. The molecule has 1 N–H and O–H groups in total. The molecule has 64 valence electrons. The van der Waals surface area contributed by atoms with Crippen molar-refractivity contribution in [2.24, 2.45) is 0 Å². The van der Waals surface area contributed by atoms with Gasteiger partial charge in [-0.15, -0.1) is 0 Å². The van der Waals surface area contributed by atoms with Crippen LogP contribution in [0.4, 0.5) is 0 Å². The fraction of sp³-hybridized carbons (Fsp3) is 0.500. The minimum atomic E-state index is 0.505. The Bertz CT molecular complexity index is 264. The molecule has 0 bridgehead atoms. The number of aryl methyl sites for hydroxylation is 1. The van der Waals surface area contributed by atoms with E-state index in [0.717, 1.165) is 12.2 Å². The molecule has 0 aromatic carbocycles. The summed E-state index contributed by atoms with van der Waals surface area (Å²) in [7, 11) is 0. The smallest absolute Gasteiger partial charge is 0.0576 e. The van der Waals surface area contributed by atoms with E-state index in [1.807, 2.05) is 13.0 Å². The van der Waals surface area contributed by atoms with Gasteiger partial charge in [0.15, 0.2) is 0 Å². The van der Waals surface area contributed by atoms with Crippen LogP contribution >= 0.6 is 0 Å². The Hall–Kier alpha value is -0.890. The molecule has 2 nitrogen and oxygen atoms in total. The Morgan fingerprint density at radius 1 is 1.50 bits per heavy atom. The van der Waals surface area contributed by atoms with Gasteiger partial charge >= 0.3 is 0 Å². The molecule has 1 fully saturated rings. The predicted octanol–water partition coefficient (Wildman–Crippen LogP) is 1.81. The summed E-state index contributed by atoms with van der Waals surface area (Å²) in [6.07, 6.45) is 2.51. The van der Waals surface area contributed by atoms with Crippen molar-refractivity contribution in [3.63, 3.8) is 0 Å². The molecule has 0 saturated carbocycles. The maximum Gasteiger partial charge on any atom is 0.0576 e. The molecule has 12 heavy (non-hydrogen) atoms. The van der Waals surface area contributed by atoms with Gasteiger partial charge in [-0.05, 0) is 38.4 Å². The Morgan fingerprint density at radius 2 is 2.42 bits per heavy atom. The van der Waals surface area contributed by atoms with Crippen molar-refractivity contribution in [1.82, 2.24) is 10.3 Å². The Labute approximate surface area is 73.0 Å². The number of nitrogens with zero attached hydrogens (tertiary/aromatic N) is 1. The highest BCUT2D eigenvalue weighted by Gasteiger charge is 2.16. The van der Waals surface area contributed by atoms with E-state index < -0.39 is 0 Å². The summed E-state index contributed by atoms with van der Waals surface area (Å²) < 4.78 is 0. The molecular formula is C10H14N2. The van der Waals surface area contributed by atoms with Crippen LogP contribution in [-0.2, 0) is 0 Å². The summed E-state index contributed by atoms with van der Waals surface area (Å²) in [5, 5.41) is 3.44. The number of hydrogen-bond donors (Lipinski definition) is 1. The van der Waals surface area contributed by atoms with E-state index in [1.165, 1.54) is 18.5 Å². The van der Waals surface area contributed by atoms with Crippen molar-refractivity contribution in [1.29, 1.82) is 0 Å². The lowest BCUT2D eigenvalue weighted by Gasteiger charge is -2.09. The van der Waals surface area contributed by atoms with E-state index in [-0.39, 0.29) is 0 Å². The van der Waals surface area contributed by atoms with Crippen LogP contribution in [-0.4, -0.2) is 11.5 Å². The van der Waals surface area contributed by atoms with Crippen LogP contribution in [0, 0.1) is 6.92 Å². The van der Waals surface area contributed by atoms with Gasteiger partial charge in [-0.3, -0.25) is 4.98 Å². The third-order valence-corrected chi connectivity index (χ3v) is 2.33. The first-order chi connectivity index (χ1) is 5.86. The van der Waals surface area contributed by atoms with Crippen LogP contribution in [0.5, 0.6) is 0 Å². The van der Waals surface area contributed by atoms with Crippen molar-refractivity contribution in [3.8, 4) is 0 Å².